The van der Waals surface area contributed by atoms with Crippen molar-refractivity contribution in [2.75, 3.05) is 26.7 Å². The zero-order chi connectivity index (χ0) is 9.52. The van der Waals surface area contributed by atoms with E-state index in [0.29, 0.717) is 0 Å². The lowest BCUT2D eigenvalue weighted by molar-refractivity contribution is -0.133. The molecule has 4 heteroatoms. The van der Waals surface area contributed by atoms with E-state index in [4.69, 9.17) is 0 Å². The molecule has 72 valence electrons. The number of rotatable bonds is 0. The summed E-state index contributed by atoms with van der Waals surface area (Å²) in [6, 6.07) is 0.0570. The van der Waals surface area contributed by atoms with Crippen molar-refractivity contribution in [2.24, 2.45) is 0 Å². The lowest BCUT2D eigenvalue weighted by atomic mass is 10.3. The van der Waals surface area contributed by atoms with Gasteiger partial charge < -0.3 is 15.4 Å². The van der Waals surface area contributed by atoms with E-state index in [1.807, 2.05) is 0 Å². The molecule has 0 aromatic rings. The lowest BCUT2D eigenvalue weighted by Gasteiger charge is -2.06. The molecule has 1 aliphatic rings. The monoisotopic (exact) mass is 182 g/mol. The van der Waals surface area contributed by atoms with Gasteiger partial charge in [0.2, 0.25) is 0 Å². The maximum Gasteiger partial charge on any atom is 0.384 e. The summed E-state index contributed by atoms with van der Waals surface area (Å²) in [7, 11) is 1.33. The summed E-state index contributed by atoms with van der Waals surface area (Å²) in [5.74, 6) is 4.75. The smallest absolute Gasteiger partial charge is 0.384 e. The summed E-state index contributed by atoms with van der Waals surface area (Å²) in [4.78, 5) is 10.7. The first-order chi connectivity index (χ1) is 6.33. The predicted molar refractivity (Wildman–Crippen MR) is 49.1 cm³/mol. The Bertz CT molecular complexity index is 222. The lowest BCUT2D eigenvalue weighted by Crippen LogP contribution is -2.33. The van der Waals surface area contributed by atoms with Crippen LogP contribution in [0.2, 0.25) is 0 Å². The number of carbonyl (C=O) groups is 1. The van der Waals surface area contributed by atoms with Crippen molar-refractivity contribution in [3.63, 3.8) is 0 Å². The molecular formula is C9H14N2O2. The Morgan fingerprint density at radius 1 is 1.54 bits per heavy atom. The van der Waals surface area contributed by atoms with Crippen molar-refractivity contribution < 1.29 is 9.53 Å². The Kier molecular flexibility index (Phi) is 4.30. The zero-order valence-electron chi connectivity index (χ0n) is 7.72. The zero-order valence-corrected chi connectivity index (χ0v) is 7.72. The van der Waals surface area contributed by atoms with Gasteiger partial charge in [0.25, 0.3) is 0 Å². The number of methoxy groups -OCH3 is 1. The van der Waals surface area contributed by atoms with E-state index in [9.17, 15) is 4.79 Å². The van der Waals surface area contributed by atoms with E-state index in [1.54, 1.807) is 0 Å². The van der Waals surface area contributed by atoms with Gasteiger partial charge in [0, 0.05) is 12.5 Å². The van der Waals surface area contributed by atoms with Gasteiger partial charge in [-0.1, -0.05) is 5.92 Å². The third-order valence-corrected chi connectivity index (χ3v) is 1.80. The maximum absolute atomic E-state index is 10.7. The molecule has 1 saturated heterocycles. The number of nitrogens with one attached hydrogen (secondary N) is 2. The highest BCUT2D eigenvalue weighted by Gasteiger charge is 2.07. The van der Waals surface area contributed by atoms with Crippen molar-refractivity contribution in [3.05, 3.63) is 0 Å². The van der Waals surface area contributed by atoms with Crippen molar-refractivity contribution in [1.29, 1.82) is 0 Å². The molecule has 1 rings (SSSR count). The second-order valence-corrected chi connectivity index (χ2v) is 2.83. The summed E-state index contributed by atoms with van der Waals surface area (Å²) in [5.41, 5.74) is 0. The van der Waals surface area contributed by atoms with Crippen LogP contribution < -0.4 is 10.6 Å². The summed E-state index contributed by atoms with van der Waals surface area (Å²) >= 11 is 0. The van der Waals surface area contributed by atoms with E-state index in [0.717, 1.165) is 26.1 Å². The molecule has 0 aromatic heterocycles. The molecule has 0 aromatic carbocycles. The molecule has 2 N–H and O–H groups in total. The minimum atomic E-state index is -0.481. The molecule has 4 nitrogen and oxygen atoms in total. The Hall–Kier alpha value is -1.05. The molecule has 1 heterocycles. The molecule has 0 bridgehead atoms. The quantitative estimate of drug-likeness (QED) is 0.290. The number of ether oxygens (including phenoxy) is 1. The van der Waals surface area contributed by atoms with E-state index in [1.165, 1.54) is 7.11 Å². The fraction of sp³-hybridized carbons (Fsp3) is 0.667. The average Bonchev–Trinajstić information content (AvgIpc) is 2.42. The van der Waals surface area contributed by atoms with E-state index in [-0.39, 0.29) is 6.04 Å². The van der Waals surface area contributed by atoms with Crippen LogP contribution in [0.4, 0.5) is 0 Å². The third-order valence-electron chi connectivity index (χ3n) is 1.80. The predicted octanol–water partition coefficient (Wildman–Crippen LogP) is -0.886. The minimum absolute atomic E-state index is 0.0570. The van der Waals surface area contributed by atoms with Crippen LogP contribution in [0, 0.1) is 11.8 Å². The van der Waals surface area contributed by atoms with Gasteiger partial charge in [-0.25, -0.2) is 4.79 Å². The number of carbonyl (C=O) groups excluding carboxylic acids is 1. The van der Waals surface area contributed by atoms with Crippen LogP contribution in [0.15, 0.2) is 0 Å². The van der Waals surface area contributed by atoms with E-state index < -0.39 is 5.97 Å². The van der Waals surface area contributed by atoms with Crippen LogP contribution in [0.25, 0.3) is 0 Å². The van der Waals surface area contributed by atoms with Gasteiger partial charge in [0.15, 0.2) is 0 Å². The standard InChI is InChI=1S/C9H14N2O2/c1-13-9(12)4-3-8-7-10-5-2-6-11-8/h8,10-11H,2,5-7H2,1H3. The SMILES string of the molecule is COC(=O)C#CC1CNCCCN1. The van der Waals surface area contributed by atoms with Crippen molar-refractivity contribution in [3.8, 4) is 11.8 Å². The number of esters is 1. The Labute approximate surface area is 78.0 Å². The molecule has 0 radical (unpaired) electrons. The Balaban J connectivity index is 2.39. The molecular weight excluding hydrogens is 168 g/mol. The average molecular weight is 182 g/mol. The second-order valence-electron chi connectivity index (χ2n) is 2.83. The number of hydrogen-bond acceptors (Lipinski definition) is 4. The van der Waals surface area contributed by atoms with Gasteiger partial charge >= 0.3 is 5.97 Å². The summed E-state index contributed by atoms with van der Waals surface area (Å²) in [5, 5.41) is 6.44. The fourth-order valence-electron chi connectivity index (χ4n) is 1.11. The molecule has 1 fully saturated rings. The normalized spacial score (nSPS) is 22.4. The number of hydrogen-bond donors (Lipinski definition) is 2. The Morgan fingerprint density at radius 3 is 3.15 bits per heavy atom. The molecule has 1 aliphatic heterocycles. The maximum atomic E-state index is 10.7. The van der Waals surface area contributed by atoms with Crippen LogP contribution in [0.3, 0.4) is 0 Å². The van der Waals surface area contributed by atoms with Crippen molar-refractivity contribution >= 4 is 5.97 Å². The molecule has 1 atom stereocenters. The molecule has 0 saturated carbocycles. The molecule has 0 aliphatic carbocycles. The third kappa shape index (κ3) is 3.92. The van der Waals surface area contributed by atoms with Gasteiger partial charge in [0.05, 0.1) is 13.2 Å². The first-order valence-electron chi connectivity index (χ1n) is 4.36. The minimum Gasteiger partial charge on any atom is -0.459 e. The van der Waals surface area contributed by atoms with E-state index >= 15 is 0 Å². The highest BCUT2D eigenvalue weighted by atomic mass is 16.5. The van der Waals surface area contributed by atoms with Gasteiger partial charge in [-0.2, -0.15) is 0 Å². The van der Waals surface area contributed by atoms with Crippen LogP contribution in [0.1, 0.15) is 6.42 Å². The fourth-order valence-corrected chi connectivity index (χ4v) is 1.11. The highest BCUT2D eigenvalue weighted by molar-refractivity contribution is 5.88. The van der Waals surface area contributed by atoms with Crippen molar-refractivity contribution in [1.82, 2.24) is 10.6 Å². The van der Waals surface area contributed by atoms with Crippen LogP contribution >= 0.6 is 0 Å². The molecule has 13 heavy (non-hydrogen) atoms. The highest BCUT2D eigenvalue weighted by Crippen LogP contribution is 1.87. The first-order valence-corrected chi connectivity index (χ1v) is 4.36. The second kappa shape index (κ2) is 5.57. The van der Waals surface area contributed by atoms with Crippen LogP contribution in [-0.2, 0) is 9.53 Å². The summed E-state index contributed by atoms with van der Waals surface area (Å²) in [6.07, 6.45) is 1.09. The van der Waals surface area contributed by atoms with Crippen LogP contribution in [0.5, 0.6) is 0 Å². The molecule has 0 amide bonds. The Morgan fingerprint density at radius 2 is 2.38 bits per heavy atom. The van der Waals surface area contributed by atoms with Gasteiger partial charge in [-0.15, -0.1) is 0 Å². The summed E-state index contributed by atoms with van der Waals surface area (Å²) in [6.45, 7) is 2.72. The summed E-state index contributed by atoms with van der Waals surface area (Å²) < 4.78 is 4.41. The molecule has 0 spiro atoms. The topological polar surface area (TPSA) is 50.4 Å². The largest absolute Gasteiger partial charge is 0.459 e. The first kappa shape index (κ1) is 10.0. The molecule has 1 unspecified atom stereocenters. The van der Waals surface area contributed by atoms with Crippen molar-refractivity contribution in [2.45, 2.75) is 12.5 Å². The van der Waals surface area contributed by atoms with Gasteiger partial charge in [-0.3, -0.25) is 0 Å². The van der Waals surface area contributed by atoms with Gasteiger partial charge in [-0.05, 0) is 19.5 Å². The van der Waals surface area contributed by atoms with Gasteiger partial charge in [0.1, 0.15) is 0 Å². The van der Waals surface area contributed by atoms with E-state index in [2.05, 4.69) is 27.2 Å². The van der Waals surface area contributed by atoms with Crippen LogP contribution in [-0.4, -0.2) is 38.8 Å².